The number of hydrogen-bond donors (Lipinski definition) is 0. The molecule has 1 atom stereocenters. The van der Waals surface area contributed by atoms with Crippen LogP contribution in [-0.2, 0) is 31.1 Å². The second kappa shape index (κ2) is 5.67. The summed E-state index contributed by atoms with van der Waals surface area (Å²) in [6, 6.07) is 13.6. The van der Waals surface area contributed by atoms with E-state index >= 15 is 0 Å². The van der Waals surface area contributed by atoms with Gasteiger partial charge >= 0.3 is 161 Å². The molecule has 0 heterocycles. The van der Waals surface area contributed by atoms with Crippen molar-refractivity contribution in [2.24, 2.45) is 11.3 Å². The molecule has 4 rings (SSSR count). The molecule has 119 valence electrons. The molecule has 0 saturated heterocycles. The van der Waals surface area contributed by atoms with Crippen molar-refractivity contribution in [3.8, 4) is 11.1 Å². The van der Waals surface area contributed by atoms with Crippen LogP contribution >= 0.6 is 0 Å². The van der Waals surface area contributed by atoms with Gasteiger partial charge in [-0.25, -0.2) is 0 Å². The first-order chi connectivity index (χ1) is 11.4. The fourth-order valence-corrected chi connectivity index (χ4v) is 5.06. The maximum atomic E-state index is 2.45. The van der Waals surface area contributed by atoms with Gasteiger partial charge in [-0.2, -0.15) is 0 Å². The van der Waals surface area contributed by atoms with E-state index in [-0.39, 0.29) is 5.41 Å². The first-order valence-electron chi connectivity index (χ1n) is 8.76. The summed E-state index contributed by atoms with van der Waals surface area (Å²) < 4.78 is 1.55. The van der Waals surface area contributed by atoms with Crippen LogP contribution in [0.5, 0.6) is 0 Å². The Hall–Kier alpha value is -1.20. The third kappa shape index (κ3) is 2.53. The monoisotopic (exact) mass is 389 g/mol. The van der Waals surface area contributed by atoms with Crippen LogP contribution in [0.1, 0.15) is 44.4 Å². The molecular weight excluding hydrogens is 367 g/mol. The molecule has 0 amide bonds. The molecule has 2 aromatic rings. The van der Waals surface area contributed by atoms with Crippen molar-refractivity contribution < 1.29 is 24.7 Å². The van der Waals surface area contributed by atoms with Crippen LogP contribution in [0.4, 0.5) is 0 Å². The van der Waals surface area contributed by atoms with Crippen molar-refractivity contribution in [3.63, 3.8) is 0 Å². The molecule has 1 heteroatoms. The van der Waals surface area contributed by atoms with E-state index in [1.54, 1.807) is 8.83 Å². The molecule has 0 bridgehead atoms. The minimum atomic E-state index is 0.226. The average molecular weight is 391 g/mol. The summed E-state index contributed by atoms with van der Waals surface area (Å²) in [6.45, 7) is 9.26. The second-order valence-corrected chi connectivity index (χ2v) is 9.34. The van der Waals surface area contributed by atoms with Crippen LogP contribution in [0.3, 0.4) is 0 Å². The van der Waals surface area contributed by atoms with Crippen LogP contribution in [0.25, 0.3) is 16.7 Å². The number of benzene rings is 2. The summed E-state index contributed by atoms with van der Waals surface area (Å²) in [7, 11) is 0. The van der Waals surface area contributed by atoms with Gasteiger partial charge in [0.05, 0.1) is 0 Å². The topological polar surface area (TPSA) is 0 Å². The van der Waals surface area contributed by atoms with E-state index in [9.17, 15) is 0 Å². The molecule has 0 aromatic heterocycles. The number of fused-ring (bicyclic) bond motifs is 3. The summed E-state index contributed by atoms with van der Waals surface area (Å²) in [5.41, 5.74) is 10.6. The molecule has 0 spiro atoms. The summed E-state index contributed by atoms with van der Waals surface area (Å²) in [5, 5.41) is 0. The van der Waals surface area contributed by atoms with Crippen molar-refractivity contribution in [1.82, 2.24) is 0 Å². The van der Waals surface area contributed by atoms with E-state index in [1.807, 2.05) is 0 Å². The Morgan fingerprint density at radius 3 is 2.38 bits per heavy atom. The number of rotatable bonds is 1. The first-order valence-corrected chi connectivity index (χ1v) is 9.99. The molecule has 1 unspecified atom stereocenters. The summed E-state index contributed by atoms with van der Waals surface area (Å²) in [5.74, 6) is 0.514. The van der Waals surface area contributed by atoms with Gasteiger partial charge < -0.3 is 0 Å². The molecule has 0 saturated carbocycles. The SMILES string of the molecule is CC1C=C(C(C)(C)C)C=C1c1ccc2c([c]1[Zr])Cc1ccccc1-2. The van der Waals surface area contributed by atoms with Gasteiger partial charge in [-0.15, -0.1) is 0 Å². The van der Waals surface area contributed by atoms with Gasteiger partial charge in [-0.3, -0.25) is 0 Å². The van der Waals surface area contributed by atoms with Crippen molar-refractivity contribution >= 4 is 8.84 Å². The van der Waals surface area contributed by atoms with Crippen LogP contribution in [-0.4, -0.2) is 0 Å². The van der Waals surface area contributed by atoms with E-state index in [1.165, 1.54) is 58.1 Å². The predicted octanol–water partition coefficient (Wildman–Crippen LogP) is 5.44. The summed E-state index contributed by atoms with van der Waals surface area (Å²) in [4.78, 5) is 0. The Bertz CT molecular complexity index is 891. The Morgan fingerprint density at radius 1 is 0.958 bits per heavy atom. The maximum absolute atomic E-state index is 2.45. The minimum absolute atomic E-state index is 0.226. The van der Waals surface area contributed by atoms with Gasteiger partial charge in [0.1, 0.15) is 0 Å². The predicted molar refractivity (Wildman–Crippen MR) is 99.0 cm³/mol. The second-order valence-electron chi connectivity index (χ2n) is 8.11. The fraction of sp³-hybridized carbons (Fsp3) is 0.304. The summed E-state index contributed by atoms with van der Waals surface area (Å²) >= 11 is 1.53. The quantitative estimate of drug-likeness (QED) is 0.519. The van der Waals surface area contributed by atoms with E-state index in [0.29, 0.717) is 5.92 Å². The van der Waals surface area contributed by atoms with Gasteiger partial charge in [-0.1, -0.05) is 0 Å². The number of allylic oxidation sites excluding steroid dienone is 4. The van der Waals surface area contributed by atoms with E-state index < -0.39 is 0 Å². The Labute approximate surface area is 160 Å². The zero-order valence-corrected chi connectivity index (χ0v) is 17.4. The molecule has 0 aliphatic heterocycles. The van der Waals surface area contributed by atoms with Crippen molar-refractivity contribution in [2.45, 2.75) is 34.1 Å². The van der Waals surface area contributed by atoms with Gasteiger partial charge in [0.25, 0.3) is 0 Å². The standard InChI is InChI=1S/C23H23.Zr/c1-15-11-19(23(2,3)4)14-22(15)17-9-10-21-18(13-17)12-16-7-5-6-8-20(16)21;/h5-11,14-15H,12H2,1-4H3;. The molecular formula is C23H23Zr. The molecule has 2 aliphatic carbocycles. The van der Waals surface area contributed by atoms with Crippen molar-refractivity contribution in [2.75, 3.05) is 0 Å². The Kier molecular flexibility index (Phi) is 3.84. The molecule has 24 heavy (non-hydrogen) atoms. The van der Waals surface area contributed by atoms with E-state index in [0.717, 1.165) is 6.42 Å². The van der Waals surface area contributed by atoms with Crippen LogP contribution in [0.15, 0.2) is 54.1 Å². The van der Waals surface area contributed by atoms with Gasteiger partial charge in [0.15, 0.2) is 0 Å². The first kappa shape index (κ1) is 16.3. The molecule has 2 aliphatic rings. The van der Waals surface area contributed by atoms with Crippen molar-refractivity contribution in [3.05, 3.63) is 70.8 Å². The Balaban J connectivity index is 1.79. The zero-order chi connectivity index (χ0) is 17.1. The van der Waals surface area contributed by atoms with E-state index in [4.69, 9.17) is 0 Å². The third-order valence-corrected chi connectivity index (χ3v) is 6.80. The zero-order valence-electron chi connectivity index (χ0n) is 14.9. The molecule has 0 fully saturated rings. The summed E-state index contributed by atoms with van der Waals surface area (Å²) in [6.07, 6.45) is 6.00. The normalized spacial score (nSPS) is 18.9. The van der Waals surface area contributed by atoms with Crippen molar-refractivity contribution in [1.29, 1.82) is 0 Å². The number of hydrogen-bond acceptors (Lipinski definition) is 0. The third-order valence-electron chi connectivity index (χ3n) is 5.40. The van der Waals surface area contributed by atoms with E-state index in [2.05, 4.69) is 76.2 Å². The Morgan fingerprint density at radius 2 is 1.67 bits per heavy atom. The van der Waals surface area contributed by atoms with Crippen LogP contribution in [0.2, 0.25) is 0 Å². The van der Waals surface area contributed by atoms with Gasteiger partial charge in [-0.05, 0) is 0 Å². The molecule has 0 N–H and O–H groups in total. The van der Waals surface area contributed by atoms with Gasteiger partial charge in [0.2, 0.25) is 0 Å². The molecule has 0 nitrogen and oxygen atoms in total. The molecule has 0 radical (unpaired) electrons. The van der Waals surface area contributed by atoms with Crippen LogP contribution in [0, 0.1) is 11.3 Å². The molecule has 2 aromatic carbocycles. The van der Waals surface area contributed by atoms with Crippen LogP contribution < -0.4 is 3.27 Å². The average Bonchev–Trinajstić information content (AvgIpc) is 3.09. The van der Waals surface area contributed by atoms with Gasteiger partial charge in [0, 0.05) is 0 Å². The fourth-order valence-electron chi connectivity index (χ4n) is 3.95.